The third kappa shape index (κ3) is 4.32. The molecule has 1 aromatic carbocycles. The van der Waals surface area contributed by atoms with Gasteiger partial charge >= 0.3 is 0 Å². The summed E-state index contributed by atoms with van der Waals surface area (Å²) in [6, 6.07) is 8.65. The average Bonchev–Trinajstić information content (AvgIpc) is 2.44. The first-order valence-corrected chi connectivity index (χ1v) is 7.60. The number of hydrogen-bond donors (Lipinski definition) is 1. The van der Waals surface area contributed by atoms with Gasteiger partial charge in [-0.2, -0.15) is 0 Å². The molecule has 0 saturated carbocycles. The highest BCUT2D eigenvalue weighted by molar-refractivity contribution is 7.99. The number of benzene rings is 1. The van der Waals surface area contributed by atoms with Gasteiger partial charge in [0.25, 0.3) is 0 Å². The van der Waals surface area contributed by atoms with Crippen molar-refractivity contribution in [1.82, 2.24) is 10.3 Å². The van der Waals surface area contributed by atoms with Gasteiger partial charge in [-0.3, -0.25) is 0 Å². The van der Waals surface area contributed by atoms with Crippen molar-refractivity contribution in [2.24, 2.45) is 0 Å². The Hall–Kier alpha value is -1.39. The van der Waals surface area contributed by atoms with Crippen molar-refractivity contribution in [2.45, 2.75) is 36.7 Å². The second-order valence-corrected chi connectivity index (χ2v) is 5.76. The Bertz CT molecular complexity index is 555. The highest BCUT2D eigenvalue weighted by atomic mass is 32.2. The van der Waals surface area contributed by atoms with E-state index in [0.717, 1.165) is 35.0 Å². The fourth-order valence-electron chi connectivity index (χ4n) is 1.85. The van der Waals surface area contributed by atoms with Crippen LogP contribution in [0, 0.1) is 12.7 Å². The molecule has 0 aliphatic heterocycles. The van der Waals surface area contributed by atoms with E-state index in [9.17, 15) is 4.39 Å². The van der Waals surface area contributed by atoms with E-state index in [0.29, 0.717) is 0 Å². The third-order valence-corrected chi connectivity index (χ3v) is 4.00. The molecule has 0 aliphatic rings. The smallest absolute Gasteiger partial charge is 0.123 e. The Morgan fingerprint density at radius 3 is 2.65 bits per heavy atom. The molecule has 0 unspecified atom stereocenters. The van der Waals surface area contributed by atoms with Crippen LogP contribution in [-0.4, -0.2) is 11.5 Å². The molecule has 0 atom stereocenters. The van der Waals surface area contributed by atoms with E-state index in [1.54, 1.807) is 23.9 Å². The summed E-state index contributed by atoms with van der Waals surface area (Å²) in [5.74, 6) is -0.212. The summed E-state index contributed by atoms with van der Waals surface area (Å²) in [7, 11) is 0. The summed E-state index contributed by atoms with van der Waals surface area (Å²) < 4.78 is 12.9. The Morgan fingerprint density at radius 1 is 1.25 bits per heavy atom. The third-order valence-electron chi connectivity index (χ3n) is 2.87. The van der Waals surface area contributed by atoms with Crippen LogP contribution >= 0.6 is 11.8 Å². The minimum atomic E-state index is -0.212. The van der Waals surface area contributed by atoms with Crippen LogP contribution in [0.1, 0.15) is 24.5 Å². The topological polar surface area (TPSA) is 24.9 Å². The predicted octanol–water partition coefficient (Wildman–Crippen LogP) is 4.18. The zero-order valence-electron chi connectivity index (χ0n) is 11.8. The number of rotatable bonds is 6. The number of halogens is 1. The molecule has 0 radical (unpaired) electrons. The molecule has 0 aliphatic carbocycles. The van der Waals surface area contributed by atoms with Crippen molar-refractivity contribution in [2.75, 3.05) is 6.54 Å². The first-order chi connectivity index (χ1) is 9.69. The van der Waals surface area contributed by atoms with Crippen molar-refractivity contribution in [3.8, 4) is 0 Å². The van der Waals surface area contributed by atoms with Crippen LogP contribution in [0.25, 0.3) is 0 Å². The molecule has 1 N–H and O–H groups in total. The molecule has 2 aromatic rings. The molecule has 2 nitrogen and oxygen atoms in total. The number of nitrogens with zero attached hydrogens (tertiary/aromatic N) is 1. The predicted molar refractivity (Wildman–Crippen MR) is 81.5 cm³/mol. The number of nitrogens with one attached hydrogen (secondary N) is 1. The quantitative estimate of drug-likeness (QED) is 0.808. The normalized spacial score (nSPS) is 10.8. The van der Waals surface area contributed by atoms with Gasteiger partial charge < -0.3 is 5.32 Å². The maximum atomic E-state index is 12.9. The van der Waals surface area contributed by atoms with Crippen molar-refractivity contribution in [3.63, 3.8) is 0 Å². The highest BCUT2D eigenvalue weighted by Gasteiger charge is 2.04. The lowest BCUT2D eigenvalue weighted by Gasteiger charge is -2.08. The Morgan fingerprint density at radius 2 is 2.00 bits per heavy atom. The minimum absolute atomic E-state index is 0.212. The molecule has 2 rings (SSSR count). The lowest BCUT2D eigenvalue weighted by molar-refractivity contribution is 0.626. The second-order valence-electron chi connectivity index (χ2n) is 4.70. The van der Waals surface area contributed by atoms with E-state index in [1.165, 1.54) is 17.7 Å². The van der Waals surface area contributed by atoms with Gasteiger partial charge in [0.2, 0.25) is 0 Å². The highest BCUT2D eigenvalue weighted by Crippen LogP contribution is 2.28. The summed E-state index contributed by atoms with van der Waals surface area (Å²) in [6.45, 7) is 6.08. The largest absolute Gasteiger partial charge is 0.313 e. The second kappa shape index (κ2) is 7.41. The first-order valence-electron chi connectivity index (χ1n) is 6.78. The molecular weight excluding hydrogens is 271 g/mol. The van der Waals surface area contributed by atoms with E-state index in [2.05, 4.69) is 30.2 Å². The zero-order chi connectivity index (χ0) is 14.4. The maximum absolute atomic E-state index is 12.9. The lowest BCUT2D eigenvalue weighted by atomic mass is 10.2. The molecule has 1 aromatic heterocycles. The minimum Gasteiger partial charge on any atom is -0.313 e. The molecule has 0 amide bonds. The molecule has 4 heteroatoms. The van der Waals surface area contributed by atoms with E-state index in [4.69, 9.17) is 0 Å². The van der Waals surface area contributed by atoms with E-state index in [1.807, 2.05) is 6.20 Å². The molecule has 106 valence electrons. The Labute approximate surface area is 123 Å². The summed E-state index contributed by atoms with van der Waals surface area (Å²) in [5, 5.41) is 4.33. The maximum Gasteiger partial charge on any atom is 0.123 e. The van der Waals surface area contributed by atoms with Crippen LogP contribution in [0.3, 0.4) is 0 Å². The monoisotopic (exact) mass is 290 g/mol. The molecule has 0 fully saturated rings. The van der Waals surface area contributed by atoms with E-state index >= 15 is 0 Å². The van der Waals surface area contributed by atoms with Gasteiger partial charge in [-0.1, -0.05) is 24.8 Å². The van der Waals surface area contributed by atoms with E-state index in [-0.39, 0.29) is 5.82 Å². The van der Waals surface area contributed by atoms with Crippen LogP contribution < -0.4 is 5.32 Å². The van der Waals surface area contributed by atoms with Crippen LogP contribution in [0.4, 0.5) is 4.39 Å². The summed E-state index contributed by atoms with van der Waals surface area (Å²) in [4.78, 5) is 5.50. The molecular formula is C16H19FN2S. The lowest BCUT2D eigenvalue weighted by Crippen LogP contribution is -2.14. The number of pyridine rings is 1. The molecule has 1 heterocycles. The van der Waals surface area contributed by atoms with Gasteiger partial charge in [-0.15, -0.1) is 0 Å². The summed E-state index contributed by atoms with van der Waals surface area (Å²) in [5.41, 5.74) is 2.34. The van der Waals surface area contributed by atoms with Crippen molar-refractivity contribution in [3.05, 3.63) is 53.5 Å². The number of aromatic nitrogens is 1. The Kier molecular flexibility index (Phi) is 5.56. The zero-order valence-corrected chi connectivity index (χ0v) is 12.6. The van der Waals surface area contributed by atoms with E-state index < -0.39 is 0 Å². The van der Waals surface area contributed by atoms with Gasteiger partial charge in [0.15, 0.2) is 0 Å². The molecule has 0 spiro atoms. The van der Waals surface area contributed by atoms with Gasteiger partial charge in [0.1, 0.15) is 10.8 Å². The Balaban J connectivity index is 2.03. The van der Waals surface area contributed by atoms with Crippen molar-refractivity contribution in [1.29, 1.82) is 0 Å². The van der Waals surface area contributed by atoms with Crippen LogP contribution in [0.2, 0.25) is 0 Å². The summed E-state index contributed by atoms with van der Waals surface area (Å²) >= 11 is 1.56. The van der Waals surface area contributed by atoms with Gasteiger partial charge in [0, 0.05) is 17.6 Å². The first kappa shape index (κ1) is 15.0. The van der Waals surface area contributed by atoms with Crippen LogP contribution in [-0.2, 0) is 6.54 Å². The summed E-state index contributed by atoms with van der Waals surface area (Å²) in [6.07, 6.45) is 3.03. The fourth-order valence-corrected chi connectivity index (χ4v) is 2.67. The fraction of sp³-hybridized carbons (Fsp3) is 0.312. The average molecular weight is 290 g/mol. The standard InChI is InChI=1S/C16H19FN2S/c1-3-8-18-10-13-9-12(2)16(19-11-13)20-15-6-4-14(17)5-7-15/h4-7,9,11,18H,3,8,10H2,1-2H3. The van der Waals surface area contributed by atoms with Gasteiger partial charge in [0.05, 0.1) is 0 Å². The van der Waals surface area contributed by atoms with Crippen LogP contribution in [0.15, 0.2) is 46.5 Å². The number of aryl methyl sites for hydroxylation is 1. The number of hydrogen-bond acceptors (Lipinski definition) is 3. The molecule has 0 bridgehead atoms. The van der Waals surface area contributed by atoms with Gasteiger partial charge in [-0.05, 0) is 55.3 Å². The van der Waals surface area contributed by atoms with Crippen LogP contribution in [0.5, 0.6) is 0 Å². The van der Waals surface area contributed by atoms with Crippen molar-refractivity contribution >= 4 is 11.8 Å². The molecule has 20 heavy (non-hydrogen) atoms. The molecule has 0 saturated heterocycles. The SMILES string of the molecule is CCCNCc1cnc(Sc2ccc(F)cc2)c(C)c1. The van der Waals surface area contributed by atoms with Crippen molar-refractivity contribution < 1.29 is 4.39 Å². The van der Waals surface area contributed by atoms with Gasteiger partial charge in [-0.25, -0.2) is 9.37 Å².